The number of benzene rings is 8. The van der Waals surface area contributed by atoms with Crippen molar-refractivity contribution in [2.45, 2.75) is 22.7 Å². The Hall–Kier alpha value is -7.26. The number of hydrogen-bond donors (Lipinski definition) is 0. The summed E-state index contributed by atoms with van der Waals surface area (Å²) >= 11 is 0. The Morgan fingerprint density at radius 2 is 0.411 bits per heavy atom. The van der Waals surface area contributed by atoms with E-state index in [1.807, 2.05) is 121 Å². The molecule has 56 heavy (non-hydrogen) atoms. The third kappa shape index (κ3) is 7.30. The number of hydrogen-bond acceptors (Lipinski definition) is 2. The van der Waals surface area contributed by atoms with E-state index in [0.29, 0.717) is 0 Å². The molecule has 0 unspecified atom stereocenters. The largest absolute Gasteiger partial charge is 0.197 e. The Morgan fingerprint density at radius 3 is 0.571 bits per heavy atom. The third-order valence-corrected chi connectivity index (χ3v) is 10.7. The summed E-state index contributed by atoms with van der Waals surface area (Å²) < 4.78 is 0. The van der Waals surface area contributed by atoms with Gasteiger partial charge in [0.05, 0.1) is 12.1 Å². The lowest BCUT2D eigenvalue weighted by Gasteiger charge is -2.43. The second-order valence-corrected chi connectivity index (χ2v) is 13.8. The third-order valence-electron chi connectivity index (χ3n) is 10.7. The van der Waals surface area contributed by atoms with E-state index in [4.69, 9.17) is 0 Å². The average Bonchev–Trinajstić information content (AvgIpc) is 3.30. The molecule has 0 atom stereocenters. The van der Waals surface area contributed by atoms with Crippen LogP contribution in [0.1, 0.15) is 56.3 Å². The van der Waals surface area contributed by atoms with Crippen LogP contribution in [0.25, 0.3) is 0 Å². The van der Waals surface area contributed by atoms with E-state index < -0.39 is 10.8 Å². The summed E-state index contributed by atoms with van der Waals surface area (Å²) in [5, 5.41) is 21.7. The zero-order chi connectivity index (χ0) is 38.5. The Morgan fingerprint density at radius 1 is 0.250 bits per heavy atom. The van der Waals surface area contributed by atoms with Crippen LogP contribution in [0.15, 0.2) is 243 Å². The van der Waals surface area contributed by atoms with Gasteiger partial charge in [0.1, 0.15) is 10.8 Å². The zero-order valence-corrected chi connectivity index (χ0v) is 31.1. The molecule has 0 aliphatic rings. The summed E-state index contributed by atoms with van der Waals surface area (Å²) in [7, 11) is 0. The first kappa shape index (κ1) is 37.1. The molecule has 2 heteroatoms. The zero-order valence-electron chi connectivity index (χ0n) is 31.1. The van der Waals surface area contributed by atoms with Crippen LogP contribution in [0.2, 0.25) is 0 Å². The molecule has 8 aromatic rings. The lowest BCUT2D eigenvalue weighted by molar-refractivity contribution is 0.470. The molecule has 0 heterocycles. The Bertz CT molecular complexity index is 2120. The van der Waals surface area contributed by atoms with Crippen LogP contribution in [0, 0.1) is 22.7 Å². The Balaban J connectivity index is 0.000000173. The summed E-state index contributed by atoms with van der Waals surface area (Å²) in [5.41, 5.74) is 6.00. The molecule has 8 rings (SSSR count). The molecule has 0 aromatic heterocycles. The molecule has 0 spiro atoms. The second kappa shape index (κ2) is 17.7. The topological polar surface area (TPSA) is 47.6 Å². The molecule has 8 aromatic carbocycles. The van der Waals surface area contributed by atoms with Crippen LogP contribution in [-0.4, -0.2) is 0 Å². The van der Waals surface area contributed by atoms with Crippen molar-refractivity contribution in [2.75, 3.05) is 0 Å². The first-order valence-electron chi connectivity index (χ1n) is 19.0. The molecule has 0 saturated heterocycles. The van der Waals surface area contributed by atoms with Gasteiger partial charge in [-0.15, -0.1) is 0 Å². The van der Waals surface area contributed by atoms with Gasteiger partial charge in [-0.3, -0.25) is 0 Å². The van der Waals surface area contributed by atoms with Crippen LogP contribution in [-0.2, 0) is 10.8 Å². The molecule has 0 N–H and O–H groups in total. The maximum Gasteiger partial charge on any atom is 0.134 e. The summed E-state index contributed by atoms with van der Waals surface area (Å²) in [6, 6.07) is 87.2. The van der Waals surface area contributed by atoms with Crippen LogP contribution in [0.3, 0.4) is 0 Å². The Kier molecular flexibility index (Phi) is 11.7. The van der Waals surface area contributed by atoms with E-state index in [2.05, 4.69) is 133 Å². The SMILES string of the molecule is N#CC(c1ccccc1)(c1ccccc1)C(C#N)(c1ccccc1)c1ccccc1.c1ccc(C(c2ccccc2)C(c2ccccc2)c2ccccc2)cc1. The maximum absolute atomic E-state index is 10.9. The maximum atomic E-state index is 10.9. The van der Waals surface area contributed by atoms with Gasteiger partial charge in [-0.25, -0.2) is 0 Å². The van der Waals surface area contributed by atoms with Gasteiger partial charge >= 0.3 is 0 Å². The highest BCUT2D eigenvalue weighted by molar-refractivity contribution is 5.63. The quantitative estimate of drug-likeness (QED) is 0.141. The summed E-state index contributed by atoms with van der Waals surface area (Å²) in [4.78, 5) is 0. The van der Waals surface area contributed by atoms with Crippen molar-refractivity contribution in [1.29, 1.82) is 10.5 Å². The van der Waals surface area contributed by atoms with E-state index in [0.717, 1.165) is 22.3 Å². The number of rotatable bonds is 10. The number of nitrogens with zero attached hydrogens (tertiary/aromatic N) is 2. The van der Waals surface area contributed by atoms with Gasteiger partial charge in [0, 0.05) is 11.8 Å². The van der Waals surface area contributed by atoms with Crippen molar-refractivity contribution in [3.63, 3.8) is 0 Å². The van der Waals surface area contributed by atoms with Crippen molar-refractivity contribution >= 4 is 0 Å². The van der Waals surface area contributed by atoms with Gasteiger partial charge in [0.25, 0.3) is 0 Å². The van der Waals surface area contributed by atoms with E-state index in [-0.39, 0.29) is 11.8 Å². The van der Waals surface area contributed by atoms with Gasteiger partial charge in [0.15, 0.2) is 0 Å². The fraction of sp³-hybridized carbons (Fsp3) is 0.0741. The molecular weight excluding hydrogens is 677 g/mol. The first-order valence-corrected chi connectivity index (χ1v) is 19.0. The van der Waals surface area contributed by atoms with Crippen molar-refractivity contribution in [3.8, 4) is 12.1 Å². The summed E-state index contributed by atoms with van der Waals surface area (Å²) in [5.74, 6) is 0.532. The lowest BCUT2D eigenvalue weighted by atomic mass is 9.53. The molecule has 2 nitrogen and oxygen atoms in total. The minimum atomic E-state index is -1.26. The highest BCUT2D eigenvalue weighted by Crippen LogP contribution is 2.52. The summed E-state index contributed by atoms with van der Waals surface area (Å²) in [6.07, 6.45) is 0. The molecule has 0 aliphatic carbocycles. The molecule has 0 bridgehead atoms. The molecule has 0 radical (unpaired) electrons. The van der Waals surface area contributed by atoms with Gasteiger partial charge in [-0.2, -0.15) is 10.5 Å². The first-order chi connectivity index (χ1) is 27.7. The predicted octanol–water partition coefficient (Wildman–Crippen LogP) is 12.7. The average molecular weight is 719 g/mol. The van der Waals surface area contributed by atoms with E-state index >= 15 is 0 Å². The number of nitriles is 2. The van der Waals surface area contributed by atoms with Crippen LogP contribution >= 0.6 is 0 Å². The fourth-order valence-corrected chi connectivity index (χ4v) is 8.17. The van der Waals surface area contributed by atoms with E-state index in [1.165, 1.54) is 22.3 Å². The van der Waals surface area contributed by atoms with E-state index in [1.54, 1.807) is 0 Å². The van der Waals surface area contributed by atoms with Crippen molar-refractivity contribution < 1.29 is 0 Å². The normalized spacial score (nSPS) is 11.1. The molecule has 0 fully saturated rings. The van der Waals surface area contributed by atoms with Gasteiger partial charge in [0.2, 0.25) is 0 Å². The van der Waals surface area contributed by atoms with Gasteiger partial charge < -0.3 is 0 Å². The monoisotopic (exact) mass is 718 g/mol. The molecule has 0 aliphatic heterocycles. The van der Waals surface area contributed by atoms with Crippen molar-refractivity contribution in [3.05, 3.63) is 287 Å². The van der Waals surface area contributed by atoms with Crippen LogP contribution in [0.5, 0.6) is 0 Å². The molecular formula is C54H42N2. The predicted molar refractivity (Wildman–Crippen MR) is 228 cm³/mol. The molecule has 0 saturated carbocycles. The van der Waals surface area contributed by atoms with Crippen LogP contribution < -0.4 is 0 Å². The van der Waals surface area contributed by atoms with Crippen molar-refractivity contribution in [1.82, 2.24) is 0 Å². The summed E-state index contributed by atoms with van der Waals surface area (Å²) in [6.45, 7) is 0. The molecule has 268 valence electrons. The van der Waals surface area contributed by atoms with E-state index in [9.17, 15) is 10.5 Å². The standard InChI is InChI=1S/C28H20N2.C26H22/c29-21-27(23-13-5-1-6-14-23,24-15-7-2-8-16-24)28(22-30,25-17-9-3-10-18-25)26-19-11-4-12-20-26;1-5-13-21(14-6-1)25(22-15-7-2-8-16-22)26(23-17-9-3-10-18-23)24-19-11-4-12-20-24/h1-20H;1-20,25-26H. The van der Waals surface area contributed by atoms with Crippen LogP contribution in [0.4, 0.5) is 0 Å². The van der Waals surface area contributed by atoms with Gasteiger partial charge in [-0.05, 0) is 44.5 Å². The fourth-order valence-electron chi connectivity index (χ4n) is 8.17. The Labute approximate surface area is 331 Å². The minimum Gasteiger partial charge on any atom is -0.197 e. The lowest BCUT2D eigenvalue weighted by Crippen LogP contribution is -2.49. The smallest absolute Gasteiger partial charge is 0.134 e. The second-order valence-electron chi connectivity index (χ2n) is 13.8. The van der Waals surface area contributed by atoms with Gasteiger partial charge in [-0.1, -0.05) is 243 Å². The highest BCUT2D eigenvalue weighted by Gasteiger charge is 2.57. The minimum absolute atomic E-state index is 0.266. The van der Waals surface area contributed by atoms with Crippen molar-refractivity contribution in [2.24, 2.45) is 0 Å². The highest BCUT2D eigenvalue weighted by atomic mass is 14.6. The molecule has 0 amide bonds.